The SMILES string of the molecule is O=C(O)CNC(=O)c1cc(Oc2ccc(C(F)(F)F)cc2Cl)ccc1[N+](=O)[O-]. The molecule has 0 aliphatic heterocycles. The summed E-state index contributed by atoms with van der Waals surface area (Å²) >= 11 is 5.78. The van der Waals surface area contributed by atoms with E-state index in [0.717, 1.165) is 30.3 Å². The lowest BCUT2D eigenvalue weighted by Crippen LogP contribution is -2.29. The van der Waals surface area contributed by atoms with Crippen LogP contribution in [-0.2, 0) is 11.0 Å². The third-order valence-electron chi connectivity index (χ3n) is 3.30. The Labute approximate surface area is 159 Å². The molecule has 0 aromatic heterocycles. The van der Waals surface area contributed by atoms with Gasteiger partial charge in [-0.15, -0.1) is 0 Å². The Morgan fingerprint density at radius 1 is 1.21 bits per heavy atom. The van der Waals surface area contributed by atoms with Crippen LogP contribution < -0.4 is 10.1 Å². The molecule has 0 bridgehead atoms. The molecule has 148 valence electrons. The molecule has 0 saturated heterocycles. The fraction of sp³-hybridized carbons (Fsp3) is 0.125. The van der Waals surface area contributed by atoms with Gasteiger partial charge >= 0.3 is 12.1 Å². The average Bonchev–Trinajstić information content (AvgIpc) is 2.60. The number of carbonyl (C=O) groups excluding carboxylic acids is 1. The van der Waals surface area contributed by atoms with Crippen LogP contribution in [0.5, 0.6) is 11.5 Å². The summed E-state index contributed by atoms with van der Waals surface area (Å²) in [6.07, 6.45) is -4.61. The van der Waals surface area contributed by atoms with Gasteiger partial charge in [-0.05, 0) is 24.3 Å². The number of aliphatic carboxylic acids is 1. The van der Waals surface area contributed by atoms with Crippen molar-refractivity contribution in [1.29, 1.82) is 0 Å². The highest BCUT2D eigenvalue weighted by Crippen LogP contribution is 2.37. The Morgan fingerprint density at radius 2 is 1.89 bits per heavy atom. The highest BCUT2D eigenvalue weighted by molar-refractivity contribution is 6.32. The van der Waals surface area contributed by atoms with Gasteiger partial charge in [0.05, 0.1) is 15.5 Å². The molecule has 0 unspecified atom stereocenters. The molecule has 2 aromatic carbocycles. The number of nitrogens with one attached hydrogen (secondary N) is 1. The predicted molar refractivity (Wildman–Crippen MR) is 89.6 cm³/mol. The predicted octanol–water partition coefficient (Wildman–Crippen LogP) is 3.87. The highest BCUT2D eigenvalue weighted by atomic mass is 35.5. The molecule has 2 rings (SSSR count). The first-order valence-corrected chi connectivity index (χ1v) is 7.70. The molecule has 12 heteroatoms. The van der Waals surface area contributed by atoms with Gasteiger partial charge in [0.2, 0.25) is 0 Å². The van der Waals surface area contributed by atoms with Crippen molar-refractivity contribution in [1.82, 2.24) is 5.32 Å². The van der Waals surface area contributed by atoms with E-state index in [4.69, 9.17) is 21.4 Å². The van der Waals surface area contributed by atoms with Gasteiger partial charge in [0, 0.05) is 12.1 Å². The number of nitro groups is 1. The Hall–Kier alpha value is -3.34. The zero-order chi connectivity index (χ0) is 21.1. The van der Waals surface area contributed by atoms with Crippen molar-refractivity contribution in [2.24, 2.45) is 0 Å². The van der Waals surface area contributed by atoms with Crippen LogP contribution in [0, 0.1) is 10.1 Å². The van der Waals surface area contributed by atoms with Crippen molar-refractivity contribution in [3.63, 3.8) is 0 Å². The Bertz CT molecular complexity index is 948. The van der Waals surface area contributed by atoms with Gasteiger partial charge in [0.1, 0.15) is 23.6 Å². The number of carboxylic acids is 1. The monoisotopic (exact) mass is 418 g/mol. The topological polar surface area (TPSA) is 119 Å². The van der Waals surface area contributed by atoms with Crippen molar-refractivity contribution >= 4 is 29.2 Å². The van der Waals surface area contributed by atoms with Crippen LogP contribution in [0.3, 0.4) is 0 Å². The minimum atomic E-state index is -4.61. The number of nitro benzene ring substituents is 1. The number of carbonyl (C=O) groups is 2. The van der Waals surface area contributed by atoms with Crippen LogP contribution in [0.15, 0.2) is 36.4 Å². The van der Waals surface area contributed by atoms with Crippen molar-refractivity contribution in [2.75, 3.05) is 6.54 Å². The molecule has 0 aliphatic carbocycles. The average molecular weight is 419 g/mol. The number of benzene rings is 2. The number of nitrogens with zero attached hydrogens (tertiary/aromatic N) is 1. The maximum Gasteiger partial charge on any atom is 0.416 e. The number of amides is 1. The van der Waals surface area contributed by atoms with Crippen LogP contribution in [0.25, 0.3) is 0 Å². The van der Waals surface area contributed by atoms with E-state index in [1.807, 2.05) is 5.32 Å². The summed E-state index contributed by atoms with van der Waals surface area (Å²) in [5.74, 6) is -2.72. The fourth-order valence-electron chi connectivity index (χ4n) is 2.06. The zero-order valence-corrected chi connectivity index (χ0v) is 14.4. The van der Waals surface area contributed by atoms with Gasteiger partial charge in [0.15, 0.2) is 0 Å². The lowest BCUT2D eigenvalue weighted by atomic mass is 10.1. The van der Waals surface area contributed by atoms with E-state index >= 15 is 0 Å². The number of hydrogen-bond donors (Lipinski definition) is 2. The molecule has 0 atom stereocenters. The van der Waals surface area contributed by atoms with Crippen molar-refractivity contribution in [3.8, 4) is 11.5 Å². The molecule has 28 heavy (non-hydrogen) atoms. The van der Waals surface area contributed by atoms with E-state index in [-0.39, 0.29) is 16.5 Å². The van der Waals surface area contributed by atoms with Crippen LogP contribution in [0.2, 0.25) is 5.02 Å². The molecule has 0 spiro atoms. The van der Waals surface area contributed by atoms with Gasteiger partial charge in [-0.1, -0.05) is 11.6 Å². The van der Waals surface area contributed by atoms with E-state index in [1.54, 1.807) is 0 Å². The van der Waals surface area contributed by atoms with Gasteiger partial charge < -0.3 is 15.2 Å². The third-order valence-corrected chi connectivity index (χ3v) is 3.59. The minimum Gasteiger partial charge on any atom is -0.480 e. The molecule has 0 fully saturated rings. The molecular weight excluding hydrogens is 409 g/mol. The number of carboxylic acid groups (broad SMARTS) is 1. The van der Waals surface area contributed by atoms with E-state index in [0.29, 0.717) is 6.07 Å². The summed E-state index contributed by atoms with van der Waals surface area (Å²) in [5, 5.41) is 21.2. The second-order valence-electron chi connectivity index (χ2n) is 5.26. The molecule has 0 radical (unpaired) electrons. The summed E-state index contributed by atoms with van der Waals surface area (Å²) in [5.41, 5.74) is -2.11. The molecule has 0 saturated carbocycles. The standard InChI is InChI=1S/C16H10ClF3N2O6/c17-11-5-8(16(18,19)20)1-4-13(11)28-9-2-3-12(22(26)27)10(6-9)15(25)21-7-14(23)24/h1-6H,7H2,(H,21,25)(H,23,24). The summed E-state index contributed by atoms with van der Waals surface area (Å²) < 4.78 is 43.3. The van der Waals surface area contributed by atoms with Gasteiger partial charge in [-0.25, -0.2) is 0 Å². The molecule has 2 aromatic rings. The second-order valence-corrected chi connectivity index (χ2v) is 5.66. The van der Waals surface area contributed by atoms with Crippen molar-refractivity contribution < 1.29 is 37.5 Å². The van der Waals surface area contributed by atoms with E-state index in [2.05, 4.69) is 0 Å². The van der Waals surface area contributed by atoms with Crippen LogP contribution >= 0.6 is 11.6 Å². The maximum absolute atomic E-state index is 12.7. The van der Waals surface area contributed by atoms with E-state index in [1.165, 1.54) is 0 Å². The smallest absolute Gasteiger partial charge is 0.416 e. The summed E-state index contributed by atoms with van der Waals surface area (Å²) in [7, 11) is 0. The number of alkyl halides is 3. The minimum absolute atomic E-state index is 0.132. The Kier molecular flexibility index (Phi) is 6.09. The van der Waals surface area contributed by atoms with Gasteiger partial charge in [-0.3, -0.25) is 19.7 Å². The Balaban J connectivity index is 2.34. The first-order chi connectivity index (χ1) is 13.0. The number of halogens is 4. The van der Waals surface area contributed by atoms with Gasteiger partial charge in [-0.2, -0.15) is 13.2 Å². The van der Waals surface area contributed by atoms with Crippen molar-refractivity contribution in [2.45, 2.75) is 6.18 Å². The normalized spacial score (nSPS) is 11.0. The molecular formula is C16H10ClF3N2O6. The highest BCUT2D eigenvalue weighted by Gasteiger charge is 2.31. The number of rotatable bonds is 6. The summed E-state index contributed by atoms with van der Waals surface area (Å²) in [4.78, 5) is 32.7. The summed E-state index contributed by atoms with van der Waals surface area (Å²) in [6, 6.07) is 5.32. The molecule has 1 amide bonds. The number of hydrogen-bond acceptors (Lipinski definition) is 5. The van der Waals surface area contributed by atoms with Crippen LogP contribution in [0.1, 0.15) is 15.9 Å². The van der Waals surface area contributed by atoms with Crippen molar-refractivity contribution in [3.05, 3.63) is 62.7 Å². The van der Waals surface area contributed by atoms with Crippen LogP contribution in [-0.4, -0.2) is 28.5 Å². The summed E-state index contributed by atoms with van der Waals surface area (Å²) in [6.45, 7) is -0.772. The quantitative estimate of drug-likeness (QED) is 0.543. The largest absolute Gasteiger partial charge is 0.480 e. The first-order valence-electron chi connectivity index (χ1n) is 7.32. The molecule has 8 nitrogen and oxygen atoms in total. The molecule has 0 heterocycles. The lowest BCUT2D eigenvalue weighted by Gasteiger charge is -2.12. The lowest BCUT2D eigenvalue weighted by molar-refractivity contribution is -0.385. The van der Waals surface area contributed by atoms with E-state index < -0.39 is 46.3 Å². The Morgan fingerprint density at radius 3 is 2.43 bits per heavy atom. The fourth-order valence-corrected chi connectivity index (χ4v) is 2.28. The zero-order valence-electron chi connectivity index (χ0n) is 13.6. The number of ether oxygens (including phenoxy) is 1. The molecule has 0 aliphatic rings. The third kappa shape index (κ3) is 5.10. The van der Waals surface area contributed by atoms with E-state index in [9.17, 15) is 32.9 Å². The maximum atomic E-state index is 12.7. The first kappa shape index (κ1) is 21.0. The van der Waals surface area contributed by atoms with Gasteiger partial charge in [0.25, 0.3) is 11.6 Å². The van der Waals surface area contributed by atoms with Crippen LogP contribution in [0.4, 0.5) is 18.9 Å². The molecule has 2 N–H and O–H groups in total. The second kappa shape index (κ2) is 8.13.